The molecule has 0 aromatic heterocycles. The predicted octanol–water partition coefficient (Wildman–Crippen LogP) is 1.02. The molecule has 1 aromatic carbocycles. The van der Waals surface area contributed by atoms with Crippen molar-refractivity contribution < 1.29 is 30.0 Å². The minimum absolute atomic E-state index is 0.0645. The molecule has 1 aromatic rings. The van der Waals surface area contributed by atoms with E-state index in [-0.39, 0.29) is 19.8 Å². The van der Waals surface area contributed by atoms with Crippen LogP contribution in [0.3, 0.4) is 0 Å². The summed E-state index contributed by atoms with van der Waals surface area (Å²) in [7, 11) is 0. The van der Waals surface area contributed by atoms with Crippen LogP contribution in [0.2, 0.25) is 0 Å². The summed E-state index contributed by atoms with van der Waals surface area (Å²) in [6, 6.07) is 0. The number of anilines is 2. The normalized spacial score (nSPS) is 13.3. The number of hydrogen-bond acceptors (Lipinski definition) is 6. The summed E-state index contributed by atoms with van der Waals surface area (Å²) in [5.41, 5.74) is 1.21. The Kier molecular flexibility index (Phi) is 9.93. The van der Waals surface area contributed by atoms with Crippen LogP contribution in [0.15, 0.2) is 0 Å². The van der Waals surface area contributed by atoms with Gasteiger partial charge in [-0.1, -0.05) is 0 Å². The molecule has 146 valence electrons. The van der Waals surface area contributed by atoms with Gasteiger partial charge in [-0.05, 0) is 81.6 Å². The van der Waals surface area contributed by atoms with E-state index in [1.54, 1.807) is 0 Å². The van der Waals surface area contributed by atoms with E-state index in [4.69, 9.17) is 0 Å². The number of halogens is 3. The molecule has 2 amide bonds. The van der Waals surface area contributed by atoms with E-state index in [9.17, 15) is 30.0 Å². The van der Waals surface area contributed by atoms with Crippen LogP contribution in [0.4, 0.5) is 11.4 Å². The lowest BCUT2D eigenvalue weighted by molar-refractivity contribution is -0.126. The van der Waals surface area contributed by atoms with Crippen molar-refractivity contribution in [2.75, 3.05) is 23.4 Å². The summed E-state index contributed by atoms with van der Waals surface area (Å²) in [6.07, 6.45) is -2.53. The van der Waals surface area contributed by atoms with Crippen LogP contribution in [-0.2, 0) is 16.2 Å². The number of carbonyl (C=O) groups is 2. The Morgan fingerprint density at radius 3 is 2.04 bits per heavy atom. The first-order chi connectivity index (χ1) is 12.1. The van der Waals surface area contributed by atoms with Crippen molar-refractivity contribution in [1.82, 2.24) is 0 Å². The summed E-state index contributed by atoms with van der Waals surface area (Å²) < 4.78 is 1.63. The maximum atomic E-state index is 12.4. The van der Waals surface area contributed by atoms with E-state index in [0.29, 0.717) is 27.6 Å². The maximum Gasteiger partial charge on any atom is 0.255 e. The van der Waals surface area contributed by atoms with Crippen LogP contribution in [0.5, 0.6) is 0 Å². The molecular formula is C15H19I3N2O6. The van der Waals surface area contributed by atoms with Crippen molar-refractivity contribution in [3.05, 3.63) is 16.3 Å². The van der Waals surface area contributed by atoms with Gasteiger partial charge < -0.3 is 30.6 Å². The van der Waals surface area contributed by atoms with Gasteiger partial charge in [0.25, 0.3) is 11.8 Å². The summed E-state index contributed by atoms with van der Waals surface area (Å²) in [5.74, 6) is -1.25. The number of aliphatic hydroxyl groups is 4. The van der Waals surface area contributed by atoms with Crippen molar-refractivity contribution >= 4 is 91.0 Å². The molecule has 8 nitrogen and oxygen atoms in total. The highest BCUT2D eigenvalue weighted by molar-refractivity contribution is 14.1. The topological polar surface area (TPSA) is 130 Å². The van der Waals surface area contributed by atoms with E-state index >= 15 is 0 Å². The highest BCUT2D eigenvalue weighted by atomic mass is 127. The summed E-state index contributed by atoms with van der Waals surface area (Å²) in [5, 5.41) is 40.9. The second-order valence-electron chi connectivity index (χ2n) is 5.36. The molecule has 26 heavy (non-hydrogen) atoms. The number of carbonyl (C=O) groups excluding carboxylic acids is 2. The van der Waals surface area contributed by atoms with E-state index < -0.39 is 24.0 Å². The lowest BCUT2D eigenvalue weighted by Gasteiger charge is -2.29. The molecule has 0 saturated carbocycles. The largest absolute Gasteiger partial charge is 0.395 e. The third kappa shape index (κ3) is 5.38. The molecule has 0 radical (unpaired) electrons. The molecule has 11 heteroatoms. The molecule has 5 N–H and O–H groups in total. The lowest BCUT2D eigenvalue weighted by Crippen LogP contribution is -2.41. The molecule has 0 spiro atoms. The fourth-order valence-corrected chi connectivity index (χ4v) is 6.43. The monoisotopic (exact) mass is 704 g/mol. The third-order valence-corrected chi connectivity index (χ3v) is 6.79. The second-order valence-corrected chi connectivity index (χ2v) is 8.59. The first-order valence-corrected chi connectivity index (χ1v) is 10.7. The highest BCUT2D eigenvalue weighted by Gasteiger charge is 2.29. The minimum Gasteiger partial charge on any atom is -0.395 e. The van der Waals surface area contributed by atoms with Crippen LogP contribution < -0.4 is 10.2 Å². The van der Waals surface area contributed by atoms with Gasteiger partial charge in [-0.3, -0.25) is 9.59 Å². The van der Waals surface area contributed by atoms with Crippen molar-refractivity contribution in [3.63, 3.8) is 0 Å². The number of nitrogens with zero attached hydrogens (tertiary/aromatic N) is 1. The molecule has 2 unspecified atom stereocenters. The van der Waals surface area contributed by atoms with E-state index in [1.807, 2.05) is 67.8 Å². The molecule has 0 heterocycles. The number of hydrogen-bond donors (Lipinski definition) is 5. The SMILES string of the molecule is CC(O)C(=O)Nc1c(I)c(CO)c(I)c(N(CCO)C(=O)C(C)O)c1I. The zero-order valence-corrected chi connectivity index (χ0v) is 20.4. The highest BCUT2D eigenvalue weighted by Crippen LogP contribution is 2.41. The number of aliphatic hydroxyl groups excluding tert-OH is 4. The Morgan fingerprint density at radius 1 is 1.04 bits per heavy atom. The Bertz CT molecular complexity index is 697. The number of amides is 2. The lowest BCUT2D eigenvalue weighted by atomic mass is 10.1. The van der Waals surface area contributed by atoms with Crippen molar-refractivity contribution in [3.8, 4) is 0 Å². The average molecular weight is 704 g/mol. The Labute approximate surface area is 191 Å². The van der Waals surface area contributed by atoms with Gasteiger partial charge >= 0.3 is 0 Å². The van der Waals surface area contributed by atoms with Crippen molar-refractivity contribution in [2.24, 2.45) is 0 Å². The van der Waals surface area contributed by atoms with Gasteiger partial charge in [-0.25, -0.2) is 0 Å². The fourth-order valence-electron chi connectivity index (χ4n) is 2.07. The molecule has 0 fully saturated rings. The molecule has 0 aliphatic carbocycles. The molecule has 0 aliphatic rings. The van der Waals surface area contributed by atoms with Crippen LogP contribution in [0, 0.1) is 10.7 Å². The molecule has 2 atom stereocenters. The first-order valence-electron chi connectivity index (χ1n) is 7.47. The zero-order valence-electron chi connectivity index (χ0n) is 14.0. The number of rotatable bonds is 7. The second kappa shape index (κ2) is 10.7. The summed E-state index contributed by atoms with van der Waals surface area (Å²) in [6.45, 7) is 1.91. The van der Waals surface area contributed by atoms with Crippen molar-refractivity contribution in [2.45, 2.75) is 32.7 Å². The van der Waals surface area contributed by atoms with E-state index in [0.717, 1.165) is 0 Å². The van der Waals surface area contributed by atoms with Crippen LogP contribution in [-0.4, -0.2) is 57.6 Å². The van der Waals surface area contributed by atoms with Gasteiger partial charge in [-0.15, -0.1) is 0 Å². The quantitative estimate of drug-likeness (QED) is 0.270. The molecule has 0 saturated heterocycles. The smallest absolute Gasteiger partial charge is 0.255 e. The zero-order chi connectivity index (χ0) is 20.2. The van der Waals surface area contributed by atoms with Crippen LogP contribution in [0.25, 0.3) is 0 Å². The fraction of sp³-hybridized carbons (Fsp3) is 0.467. The van der Waals surface area contributed by atoms with Gasteiger partial charge in [0, 0.05) is 19.2 Å². The van der Waals surface area contributed by atoms with Gasteiger partial charge in [0.15, 0.2) is 0 Å². The Balaban J connectivity index is 3.69. The van der Waals surface area contributed by atoms with Crippen LogP contribution in [0.1, 0.15) is 19.4 Å². The van der Waals surface area contributed by atoms with Crippen LogP contribution >= 0.6 is 67.8 Å². The average Bonchev–Trinajstić information content (AvgIpc) is 2.57. The van der Waals surface area contributed by atoms with Gasteiger partial charge in [0.05, 0.1) is 28.2 Å². The molecule has 0 aliphatic heterocycles. The predicted molar refractivity (Wildman–Crippen MR) is 122 cm³/mol. The standard InChI is InChI=1S/C15H19I3N2O6/c1-6(23)14(25)19-12-9(16)8(5-22)10(17)13(11(12)18)20(3-4-21)15(26)7(2)24/h6-7,21-24H,3-5H2,1-2H3,(H,19,25). The van der Waals surface area contributed by atoms with E-state index in [1.165, 1.54) is 18.7 Å². The third-order valence-electron chi connectivity index (χ3n) is 3.39. The number of benzene rings is 1. The van der Waals surface area contributed by atoms with Crippen molar-refractivity contribution in [1.29, 1.82) is 0 Å². The van der Waals surface area contributed by atoms with Gasteiger partial charge in [-0.2, -0.15) is 0 Å². The number of nitrogens with one attached hydrogen (secondary N) is 1. The van der Waals surface area contributed by atoms with E-state index in [2.05, 4.69) is 5.32 Å². The Morgan fingerprint density at radius 2 is 1.62 bits per heavy atom. The summed E-state index contributed by atoms with van der Waals surface area (Å²) >= 11 is 5.90. The molecule has 1 rings (SSSR count). The Hall–Kier alpha value is 0.190. The molecule has 0 bridgehead atoms. The molecular weight excluding hydrogens is 685 g/mol. The first kappa shape index (κ1) is 24.2. The van der Waals surface area contributed by atoms with Gasteiger partial charge in [0.1, 0.15) is 12.2 Å². The maximum absolute atomic E-state index is 12.4. The summed E-state index contributed by atoms with van der Waals surface area (Å²) in [4.78, 5) is 25.6. The van der Waals surface area contributed by atoms with Gasteiger partial charge in [0.2, 0.25) is 0 Å². The minimum atomic E-state index is -1.29.